The summed E-state index contributed by atoms with van der Waals surface area (Å²) in [4.78, 5) is 29.1. The normalized spacial score (nSPS) is 10.1. The van der Waals surface area contributed by atoms with Crippen molar-refractivity contribution >= 4 is 34.8 Å². The Bertz CT molecular complexity index is 960. The van der Waals surface area contributed by atoms with Crippen molar-refractivity contribution in [1.82, 2.24) is 4.98 Å². The summed E-state index contributed by atoms with van der Waals surface area (Å²) in [5.74, 6) is -0.319. The molecule has 0 bridgehead atoms. The molecule has 0 aliphatic heterocycles. The average Bonchev–Trinajstić information content (AvgIpc) is 2.70. The van der Waals surface area contributed by atoms with Gasteiger partial charge in [-0.05, 0) is 54.6 Å². The number of nitrogens with zero attached hydrogens (tertiary/aromatic N) is 1. The molecule has 0 atom stereocenters. The molecule has 0 unspecified atom stereocenters. The monoisotopic (exact) mass is 381 g/mol. The molecule has 7 heteroatoms. The first-order valence-corrected chi connectivity index (χ1v) is 8.42. The predicted octanol–water partition coefficient (Wildman–Crippen LogP) is 4.25. The topological polar surface area (TPSA) is 80.3 Å². The number of methoxy groups -OCH3 is 1. The number of hydrogen-bond donors (Lipinski definition) is 2. The number of carbonyl (C=O) groups excluding carboxylic acids is 2. The van der Waals surface area contributed by atoms with E-state index in [-0.39, 0.29) is 11.3 Å². The Hall–Kier alpha value is -3.38. The van der Waals surface area contributed by atoms with E-state index in [1.54, 1.807) is 60.7 Å². The van der Waals surface area contributed by atoms with Crippen LogP contribution in [0.2, 0.25) is 5.02 Å². The molecule has 6 nitrogen and oxygen atoms in total. The Morgan fingerprint density at radius 3 is 2.41 bits per heavy atom. The fourth-order valence-electron chi connectivity index (χ4n) is 2.36. The highest BCUT2D eigenvalue weighted by atomic mass is 35.5. The molecule has 1 heterocycles. The quantitative estimate of drug-likeness (QED) is 0.692. The van der Waals surface area contributed by atoms with Crippen molar-refractivity contribution in [1.29, 1.82) is 0 Å². The molecular formula is C20H16ClN3O3. The molecule has 2 amide bonds. The van der Waals surface area contributed by atoms with Crippen molar-refractivity contribution in [2.24, 2.45) is 0 Å². The van der Waals surface area contributed by atoms with Gasteiger partial charge in [-0.25, -0.2) is 0 Å². The van der Waals surface area contributed by atoms with Crippen molar-refractivity contribution in [3.05, 3.63) is 83.1 Å². The lowest BCUT2D eigenvalue weighted by Crippen LogP contribution is -2.19. The van der Waals surface area contributed by atoms with Crippen LogP contribution in [0.4, 0.5) is 11.4 Å². The van der Waals surface area contributed by atoms with E-state index >= 15 is 0 Å². The Morgan fingerprint density at radius 2 is 1.74 bits per heavy atom. The minimum atomic E-state index is -0.415. The van der Waals surface area contributed by atoms with Gasteiger partial charge in [0, 0.05) is 16.9 Å². The molecule has 0 saturated heterocycles. The maximum absolute atomic E-state index is 12.7. The Morgan fingerprint density at radius 1 is 0.963 bits per heavy atom. The van der Waals surface area contributed by atoms with Crippen molar-refractivity contribution in [3.8, 4) is 5.75 Å². The van der Waals surface area contributed by atoms with Crippen LogP contribution in [0.3, 0.4) is 0 Å². The predicted molar refractivity (Wildman–Crippen MR) is 105 cm³/mol. The van der Waals surface area contributed by atoms with E-state index in [0.29, 0.717) is 22.1 Å². The maximum Gasteiger partial charge on any atom is 0.274 e. The van der Waals surface area contributed by atoms with Crippen LogP contribution in [0.25, 0.3) is 0 Å². The van der Waals surface area contributed by atoms with E-state index < -0.39 is 11.8 Å². The van der Waals surface area contributed by atoms with Gasteiger partial charge < -0.3 is 15.4 Å². The fourth-order valence-corrected chi connectivity index (χ4v) is 2.49. The van der Waals surface area contributed by atoms with Crippen molar-refractivity contribution in [2.75, 3.05) is 17.7 Å². The minimum absolute atomic E-state index is 0.248. The zero-order valence-electron chi connectivity index (χ0n) is 14.4. The molecular weight excluding hydrogens is 366 g/mol. The Kier molecular flexibility index (Phi) is 5.68. The molecule has 0 spiro atoms. The van der Waals surface area contributed by atoms with Crippen molar-refractivity contribution < 1.29 is 14.3 Å². The van der Waals surface area contributed by atoms with Gasteiger partial charge >= 0.3 is 0 Å². The lowest BCUT2D eigenvalue weighted by atomic mass is 10.1. The number of amides is 2. The molecule has 136 valence electrons. The number of halogens is 1. The van der Waals surface area contributed by atoms with Crippen molar-refractivity contribution in [2.45, 2.75) is 0 Å². The van der Waals surface area contributed by atoms with E-state index in [0.717, 1.165) is 0 Å². The van der Waals surface area contributed by atoms with Gasteiger partial charge in [-0.15, -0.1) is 0 Å². The van der Waals surface area contributed by atoms with E-state index in [2.05, 4.69) is 15.6 Å². The summed E-state index contributed by atoms with van der Waals surface area (Å²) in [5.41, 5.74) is 1.43. The first-order chi connectivity index (χ1) is 13.1. The van der Waals surface area contributed by atoms with Crippen LogP contribution in [-0.2, 0) is 0 Å². The molecule has 0 saturated carbocycles. The molecule has 3 rings (SSSR count). The third kappa shape index (κ3) is 4.62. The SMILES string of the molecule is COc1ccc(NC(=O)c2ccccn2)c(C(=O)Nc2ccc(Cl)cc2)c1. The smallest absolute Gasteiger partial charge is 0.274 e. The van der Waals surface area contributed by atoms with Crippen LogP contribution in [0.5, 0.6) is 5.75 Å². The number of carbonyl (C=O) groups is 2. The summed E-state index contributed by atoms with van der Waals surface area (Å²) in [6.07, 6.45) is 1.52. The largest absolute Gasteiger partial charge is 0.497 e. The van der Waals surface area contributed by atoms with Crippen LogP contribution in [0, 0.1) is 0 Å². The van der Waals surface area contributed by atoms with Gasteiger partial charge in [0.25, 0.3) is 11.8 Å². The second-order valence-corrected chi connectivity index (χ2v) is 5.98. The summed E-state index contributed by atoms with van der Waals surface area (Å²) in [5, 5.41) is 6.05. The van der Waals surface area contributed by atoms with Gasteiger partial charge in [0.1, 0.15) is 11.4 Å². The molecule has 3 aromatic rings. The number of pyridine rings is 1. The first-order valence-electron chi connectivity index (χ1n) is 8.04. The van der Waals surface area contributed by atoms with Crippen LogP contribution in [-0.4, -0.2) is 23.9 Å². The molecule has 2 aromatic carbocycles. The Labute approximate surface area is 161 Å². The van der Waals surface area contributed by atoms with E-state index in [1.807, 2.05) is 0 Å². The second kappa shape index (κ2) is 8.33. The molecule has 1 aromatic heterocycles. The number of anilines is 2. The van der Waals surface area contributed by atoms with Crippen LogP contribution >= 0.6 is 11.6 Å². The van der Waals surface area contributed by atoms with Gasteiger partial charge in [-0.1, -0.05) is 17.7 Å². The number of rotatable bonds is 5. The summed E-state index contributed by atoms with van der Waals surface area (Å²) in [6, 6.07) is 16.6. The van der Waals surface area contributed by atoms with Crippen LogP contribution in [0.1, 0.15) is 20.8 Å². The fraction of sp³-hybridized carbons (Fsp3) is 0.0500. The number of aromatic nitrogens is 1. The van der Waals surface area contributed by atoms with E-state index in [9.17, 15) is 9.59 Å². The van der Waals surface area contributed by atoms with Gasteiger partial charge in [-0.2, -0.15) is 0 Å². The molecule has 27 heavy (non-hydrogen) atoms. The van der Waals surface area contributed by atoms with Crippen LogP contribution in [0.15, 0.2) is 66.9 Å². The zero-order valence-corrected chi connectivity index (χ0v) is 15.2. The van der Waals surface area contributed by atoms with Gasteiger partial charge in [-0.3, -0.25) is 14.6 Å². The highest BCUT2D eigenvalue weighted by Crippen LogP contribution is 2.24. The Balaban J connectivity index is 1.87. The number of benzene rings is 2. The van der Waals surface area contributed by atoms with E-state index in [4.69, 9.17) is 16.3 Å². The van der Waals surface area contributed by atoms with Gasteiger partial charge in [0.05, 0.1) is 18.4 Å². The summed E-state index contributed by atoms with van der Waals surface area (Å²) >= 11 is 5.86. The number of ether oxygens (including phenoxy) is 1. The molecule has 0 radical (unpaired) electrons. The molecule has 0 fully saturated rings. The standard InChI is InChI=1S/C20H16ClN3O3/c1-27-15-9-10-17(24-20(26)18-4-2-3-11-22-18)16(12-15)19(25)23-14-7-5-13(21)6-8-14/h2-12H,1H3,(H,23,25)(H,24,26). The number of nitrogens with one attached hydrogen (secondary N) is 2. The third-order valence-electron chi connectivity index (χ3n) is 3.72. The van der Waals surface area contributed by atoms with Crippen molar-refractivity contribution in [3.63, 3.8) is 0 Å². The highest BCUT2D eigenvalue weighted by molar-refractivity contribution is 6.30. The minimum Gasteiger partial charge on any atom is -0.497 e. The van der Waals surface area contributed by atoms with E-state index in [1.165, 1.54) is 13.3 Å². The molecule has 0 aliphatic rings. The third-order valence-corrected chi connectivity index (χ3v) is 3.97. The molecule has 2 N–H and O–H groups in total. The second-order valence-electron chi connectivity index (χ2n) is 5.54. The molecule has 0 aliphatic carbocycles. The maximum atomic E-state index is 12.7. The first kappa shape index (κ1) is 18.4. The lowest BCUT2D eigenvalue weighted by molar-refractivity contribution is 0.102. The lowest BCUT2D eigenvalue weighted by Gasteiger charge is -2.13. The van der Waals surface area contributed by atoms with Gasteiger partial charge in [0.15, 0.2) is 0 Å². The highest BCUT2D eigenvalue weighted by Gasteiger charge is 2.16. The summed E-state index contributed by atoms with van der Waals surface area (Å²) in [6.45, 7) is 0. The summed E-state index contributed by atoms with van der Waals surface area (Å²) in [7, 11) is 1.50. The zero-order chi connectivity index (χ0) is 19.2. The van der Waals surface area contributed by atoms with Crippen LogP contribution < -0.4 is 15.4 Å². The van der Waals surface area contributed by atoms with Gasteiger partial charge in [0.2, 0.25) is 0 Å². The average molecular weight is 382 g/mol. The summed E-state index contributed by atoms with van der Waals surface area (Å²) < 4.78 is 5.19. The number of hydrogen-bond acceptors (Lipinski definition) is 4.